The fourth-order valence-corrected chi connectivity index (χ4v) is 2.31. The number of nitrogens with one attached hydrogen (secondary N) is 1. The molecular weight excluding hydrogens is 218 g/mol. The van der Waals surface area contributed by atoms with Gasteiger partial charge in [0.25, 0.3) is 0 Å². The third-order valence-corrected chi connectivity index (χ3v) is 3.24. The molecule has 0 spiro atoms. The van der Waals surface area contributed by atoms with Crippen LogP contribution in [-0.2, 0) is 0 Å². The van der Waals surface area contributed by atoms with Crippen molar-refractivity contribution in [3.05, 3.63) is 29.8 Å². The molecule has 1 N–H and O–H groups in total. The van der Waals surface area contributed by atoms with Crippen LogP contribution in [0.3, 0.4) is 0 Å². The van der Waals surface area contributed by atoms with Gasteiger partial charge < -0.3 is 5.32 Å². The van der Waals surface area contributed by atoms with Crippen LogP contribution in [0.25, 0.3) is 10.6 Å². The number of aromatic nitrogens is 2. The first-order chi connectivity index (χ1) is 7.81. The summed E-state index contributed by atoms with van der Waals surface area (Å²) in [6.07, 6.45) is 1.10. The molecule has 0 aliphatic heterocycles. The Morgan fingerprint density at radius 1 is 1.25 bits per heavy atom. The van der Waals surface area contributed by atoms with E-state index in [0.717, 1.165) is 23.1 Å². The Morgan fingerprint density at radius 3 is 2.81 bits per heavy atom. The smallest absolute Gasteiger partial charge is 0.206 e. The van der Waals surface area contributed by atoms with Crippen LogP contribution >= 0.6 is 11.3 Å². The number of hydrogen-bond acceptors (Lipinski definition) is 4. The number of benzene rings is 1. The molecule has 4 heteroatoms. The highest BCUT2D eigenvalue weighted by Gasteiger charge is 2.07. The normalized spacial score (nSPS) is 10.4. The van der Waals surface area contributed by atoms with E-state index in [-0.39, 0.29) is 0 Å². The van der Waals surface area contributed by atoms with Crippen LogP contribution < -0.4 is 5.32 Å². The first kappa shape index (κ1) is 11.1. The SMILES string of the molecule is CCCNc1nnc(-c2ccccc2C)s1. The van der Waals surface area contributed by atoms with Gasteiger partial charge in [-0.25, -0.2) is 0 Å². The highest BCUT2D eigenvalue weighted by molar-refractivity contribution is 7.18. The van der Waals surface area contributed by atoms with Crippen LogP contribution in [0.1, 0.15) is 18.9 Å². The van der Waals surface area contributed by atoms with Crippen LogP contribution in [0.5, 0.6) is 0 Å². The zero-order valence-corrected chi connectivity index (χ0v) is 10.3. The van der Waals surface area contributed by atoms with Crippen molar-refractivity contribution in [2.75, 3.05) is 11.9 Å². The molecule has 0 radical (unpaired) electrons. The Kier molecular flexibility index (Phi) is 3.51. The molecule has 1 heterocycles. The molecular formula is C12H15N3S. The summed E-state index contributed by atoms with van der Waals surface area (Å²) in [4.78, 5) is 0. The predicted octanol–water partition coefficient (Wildman–Crippen LogP) is 3.34. The average molecular weight is 233 g/mol. The van der Waals surface area contributed by atoms with Gasteiger partial charge in [-0.2, -0.15) is 0 Å². The van der Waals surface area contributed by atoms with Crippen molar-refractivity contribution in [3.63, 3.8) is 0 Å². The maximum Gasteiger partial charge on any atom is 0.206 e. The van der Waals surface area contributed by atoms with Gasteiger partial charge >= 0.3 is 0 Å². The molecule has 0 unspecified atom stereocenters. The maximum atomic E-state index is 4.21. The molecule has 0 fully saturated rings. The summed E-state index contributed by atoms with van der Waals surface area (Å²) in [6.45, 7) is 5.18. The Balaban J connectivity index is 2.22. The standard InChI is InChI=1S/C12H15N3S/c1-3-8-13-12-15-14-11(16-12)10-7-5-4-6-9(10)2/h4-7H,3,8H2,1-2H3,(H,13,15). The van der Waals surface area contributed by atoms with Gasteiger partial charge in [0.1, 0.15) is 5.01 Å². The Morgan fingerprint density at radius 2 is 2.06 bits per heavy atom. The number of rotatable bonds is 4. The van der Waals surface area contributed by atoms with Gasteiger partial charge in [0.2, 0.25) is 5.13 Å². The molecule has 1 aromatic heterocycles. The van der Waals surface area contributed by atoms with Gasteiger partial charge in [0, 0.05) is 12.1 Å². The molecule has 0 amide bonds. The summed E-state index contributed by atoms with van der Waals surface area (Å²) in [5.41, 5.74) is 2.41. The fraction of sp³-hybridized carbons (Fsp3) is 0.333. The van der Waals surface area contributed by atoms with Gasteiger partial charge in [-0.1, -0.05) is 42.5 Å². The van der Waals surface area contributed by atoms with Crippen molar-refractivity contribution >= 4 is 16.5 Å². The third kappa shape index (κ3) is 2.39. The number of nitrogens with zero attached hydrogens (tertiary/aromatic N) is 2. The number of aryl methyl sites for hydroxylation is 1. The molecule has 16 heavy (non-hydrogen) atoms. The summed E-state index contributed by atoms with van der Waals surface area (Å²) in [5.74, 6) is 0. The molecule has 0 bridgehead atoms. The second kappa shape index (κ2) is 5.07. The van der Waals surface area contributed by atoms with Crippen LogP contribution in [0, 0.1) is 6.92 Å². The van der Waals surface area contributed by atoms with Crippen molar-refractivity contribution in [1.29, 1.82) is 0 Å². The third-order valence-electron chi connectivity index (χ3n) is 2.33. The highest BCUT2D eigenvalue weighted by Crippen LogP contribution is 2.28. The highest BCUT2D eigenvalue weighted by atomic mass is 32.1. The summed E-state index contributed by atoms with van der Waals surface area (Å²) < 4.78 is 0. The van der Waals surface area contributed by atoms with E-state index in [0.29, 0.717) is 0 Å². The monoisotopic (exact) mass is 233 g/mol. The molecule has 0 saturated heterocycles. The van der Waals surface area contributed by atoms with E-state index in [1.54, 1.807) is 11.3 Å². The van der Waals surface area contributed by atoms with Gasteiger partial charge in [0.15, 0.2) is 0 Å². The first-order valence-corrected chi connectivity index (χ1v) is 6.26. The predicted molar refractivity (Wildman–Crippen MR) is 68.9 cm³/mol. The first-order valence-electron chi connectivity index (χ1n) is 5.44. The lowest BCUT2D eigenvalue weighted by atomic mass is 10.1. The summed E-state index contributed by atoms with van der Waals surface area (Å²) in [7, 11) is 0. The summed E-state index contributed by atoms with van der Waals surface area (Å²) >= 11 is 1.61. The van der Waals surface area contributed by atoms with E-state index in [1.807, 2.05) is 12.1 Å². The number of hydrogen-bond donors (Lipinski definition) is 1. The van der Waals surface area contributed by atoms with Gasteiger partial charge in [-0.05, 0) is 18.9 Å². The van der Waals surface area contributed by atoms with E-state index in [9.17, 15) is 0 Å². The van der Waals surface area contributed by atoms with Gasteiger partial charge in [-0.3, -0.25) is 0 Å². The van der Waals surface area contributed by atoms with Crippen LogP contribution in [0.2, 0.25) is 0 Å². The van der Waals surface area contributed by atoms with Gasteiger partial charge in [-0.15, -0.1) is 10.2 Å². The Labute approximate surface area is 99.5 Å². The molecule has 0 atom stereocenters. The minimum atomic E-state index is 0.903. The van der Waals surface area contributed by atoms with E-state index in [1.165, 1.54) is 11.1 Å². The summed E-state index contributed by atoms with van der Waals surface area (Å²) in [5, 5.41) is 13.5. The molecule has 3 nitrogen and oxygen atoms in total. The lowest BCUT2D eigenvalue weighted by molar-refractivity contribution is 0.964. The minimum Gasteiger partial charge on any atom is -0.360 e. The van der Waals surface area contributed by atoms with Crippen molar-refractivity contribution in [3.8, 4) is 10.6 Å². The minimum absolute atomic E-state index is 0.903. The molecule has 0 aliphatic carbocycles. The molecule has 84 valence electrons. The lowest BCUT2D eigenvalue weighted by Crippen LogP contribution is -1.98. The van der Waals surface area contributed by atoms with Crippen molar-refractivity contribution < 1.29 is 0 Å². The molecule has 2 aromatic rings. The Bertz CT molecular complexity index is 465. The molecule has 2 rings (SSSR count). The molecule has 0 saturated carbocycles. The van der Waals surface area contributed by atoms with Crippen molar-refractivity contribution in [2.45, 2.75) is 20.3 Å². The average Bonchev–Trinajstić information content (AvgIpc) is 2.75. The summed E-state index contributed by atoms with van der Waals surface area (Å²) in [6, 6.07) is 8.24. The number of anilines is 1. The fourth-order valence-electron chi connectivity index (χ4n) is 1.45. The van der Waals surface area contributed by atoms with E-state index >= 15 is 0 Å². The van der Waals surface area contributed by atoms with Crippen LogP contribution in [0.4, 0.5) is 5.13 Å². The second-order valence-corrected chi connectivity index (χ2v) is 4.63. The van der Waals surface area contributed by atoms with Gasteiger partial charge in [0.05, 0.1) is 0 Å². The lowest BCUT2D eigenvalue weighted by Gasteiger charge is -1.99. The van der Waals surface area contributed by atoms with Crippen molar-refractivity contribution in [2.24, 2.45) is 0 Å². The molecule has 1 aromatic carbocycles. The van der Waals surface area contributed by atoms with Crippen LogP contribution in [-0.4, -0.2) is 16.7 Å². The zero-order chi connectivity index (χ0) is 11.4. The topological polar surface area (TPSA) is 37.8 Å². The maximum absolute atomic E-state index is 4.21. The van der Waals surface area contributed by atoms with E-state index in [4.69, 9.17) is 0 Å². The van der Waals surface area contributed by atoms with Crippen LogP contribution in [0.15, 0.2) is 24.3 Å². The molecule has 0 aliphatic rings. The van der Waals surface area contributed by atoms with E-state index < -0.39 is 0 Å². The second-order valence-electron chi connectivity index (χ2n) is 3.65. The zero-order valence-electron chi connectivity index (χ0n) is 9.53. The van der Waals surface area contributed by atoms with E-state index in [2.05, 4.69) is 41.5 Å². The largest absolute Gasteiger partial charge is 0.360 e. The Hall–Kier alpha value is -1.42. The quantitative estimate of drug-likeness (QED) is 0.880. The van der Waals surface area contributed by atoms with Crippen molar-refractivity contribution in [1.82, 2.24) is 10.2 Å².